The maximum absolute atomic E-state index is 13.7. The number of hydrogen-bond donors (Lipinski definition) is 10. The topological polar surface area (TPSA) is 269 Å². The molecular formula is C27H30O16. The molecule has 2 aromatic carbocycles. The highest BCUT2D eigenvalue weighted by molar-refractivity contribution is 5.93. The maximum Gasteiger partial charge on any atom is 0.239 e. The van der Waals surface area contributed by atoms with Crippen molar-refractivity contribution in [1.82, 2.24) is 0 Å². The molecule has 10 N–H and O–H groups in total. The molecule has 0 radical (unpaired) electrons. The van der Waals surface area contributed by atoms with Crippen LogP contribution in [-0.2, 0) is 9.47 Å². The van der Waals surface area contributed by atoms with Gasteiger partial charge in [-0.05, 0) is 31.2 Å². The summed E-state index contributed by atoms with van der Waals surface area (Å²) in [6.07, 6.45) is -16.2. The van der Waals surface area contributed by atoms with Crippen LogP contribution < -0.4 is 14.9 Å². The van der Waals surface area contributed by atoms with Crippen LogP contribution in [0.1, 0.15) is 6.92 Å². The third-order valence-corrected chi connectivity index (χ3v) is 7.31. The molecule has 2 aliphatic rings. The molecule has 0 unspecified atom stereocenters. The van der Waals surface area contributed by atoms with Crippen molar-refractivity contribution in [1.29, 1.82) is 0 Å². The molecule has 0 saturated carbocycles. The Kier molecular flexibility index (Phi) is 8.41. The molecule has 43 heavy (non-hydrogen) atoms. The molecule has 2 saturated heterocycles. The van der Waals surface area contributed by atoms with Crippen LogP contribution in [-0.4, -0.2) is 119 Å². The van der Waals surface area contributed by atoms with E-state index in [4.69, 9.17) is 23.4 Å². The number of aliphatic hydroxyl groups excluding tert-OH is 7. The summed E-state index contributed by atoms with van der Waals surface area (Å²) < 4.78 is 27.6. The van der Waals surface area contributed by atoms with Crippen LogP contribution in [0.3, 0.4) is 0 Å². The minimum atomic E-state index is -1.92. The number of aliphatic hydroxyl groups is 7. The largest absolute Gasteiger partial charge is 0.508 e. The number of fused-ring (bicyclic) bond motifs is 1. The standard InChI is InChI=1S/C27H30O16/c1-8-15(31)19(35)21(37)26(39-8)40-12-6-11(30)14-18(34)25(43-27-22(38)20(36)16(32)13(7-28)41-27)23(42-24(14)17(12)33)9-2-4-10(29)5-3-9/h2-6,8,13,15-16,19-22,26-33,35-38H,7H2,1H3/t8-,13-,15-,16-,19+,20+,21+,22-,26-,27+/m0/s1. The van der Waals surface area contributed by atoms with Crippen LogP contribution in [0.15, 0.2) is 39.5 Å². The van der Waals surface area contributed by atoms with Crippen LogP contribution in [0, 0.1) is 0 Å². The van der Waals surface area contributed by atoms with E-state index in [9.17, 15) is 55.9 Å². The smallest absolute Gasteiger partial charge is 0.239 e. The van der Waals surface area contributed by atoms with E-state index in [0.29, 0.717) is 0 Å². The van der Waals surface area contributed by atoms with Gasteiger partial charge in [0.25, 0.3) is 0 Å². The molecule has 2 fully saturated rings. The van der Waals surface area contributed by atoms with Crippen LogP contribution in [0.5, 0.6) is 28.7 Å². The van der Waals surface area contributed by atoms with E-state index in [-0.39, 0.29) is 11.3 Å². The Bertz CT molecular complexity index is 1520. The second kappa shape index (κ2) is 11.8. The second-order valence-electron chi connectivity index (χ2n) is 10.2. The molecule has 16 nitrogen and oxygen atoms in total. The Hall–Kier alpha value is -3.71. The first-order valence-electron chi connectivity index (χ1n) is 13.0. The minimum Gasteiger partial charge on any atom is -0.508 e. The average molecular weight is 611 g/mol. The van der Waals surface area contributed by atoms with Gasteiger partial charge in [-0.15, -0.1) is 0 Å². The zero-order valence-corrected chi connectivity index (χ0v) is 22.3. The van der Waals surface area contributed by atoms with Crippen molar-refractivity contribution in [3.63, 3.8) is 0 Å². The van der Waals surface area contributed by atoms with E-state index >= 15 is 0 Å². The van der Waals surface area contributed by atoms with Gasteiger partial charge in [-0.2, -0.15) is 0 Å². The van der Waals surface area contributed by atoms with Crippen molar-refractivity contribution in [3.8, 4) is 40.1 Å². The number of hydrogen-bond acceptors (Lipinski definition) is 16. The third kappa shape index (κ3) is 5.44. The highest BCUT2D eigenvalue weighted by Crippen LogP contribution is 2.44. The Morgan fingerprint density at radius 3 is 2.02 bits per heavy atom. The van der Waals surface area contributed by atoms with Crippen molar-refractivity contribution < 1.29 is 74.4 Å². The first-order chi connectivity index (χ1) is 20.3. The van der Waals surface area contributed by atoms with Crippen LogP contribution in [0.4, 0.5) is 0 Å². The minimum absolute atomic E-state index is 0.0820. The fourth-order valence-electron chi connectivity index (χ4n) is 4.81. The number of phenols is 3. The molecule has 0 amide bonds. The summed E-state index contributed by atoms with van der Waals surface area (Å²) in [5, 5.41) is 102. The normalized spacial score (nSPS) is 32.9. The van der Waals surface area contributed by atoms with Crippen LogP contribution in [0.25, 0.3) is 22.3 Å². The van der Waals surface area contributed by atoms with Gasteiger partial charge >= 0.3 is 0 Å². The van der Waals surface area contributed by atoms with Gasteiger partial charge in [-0.3, -0.25) is 4.79 Å². The Morgan fingerprint density at radius 2 is 1.40 bits per heavy atom. The van der Waals surface area contributed by atoms with Crippen LogP contribution >= 0.6 is 0 Å². The summed E-state index contributed by atoms with van der Waals surface area (Å²) in [6.45, 7) is 0.612. The SMILES string of the molecule is C[C@@H]1O[C@@H](Oc2cc(O)c3c(=O)c(O[C@H]4O[C@@H](CO)[C@H](O)[C@@H](O)[C@@H]4O)c(-c4ccc(O)cc4)oc3c2O)[C@H](O)[C@H](O)[C@H]1O. The molecule has 5 rings (SSSR count). The molecular weight excluding hydrogens is 580 g/mol. The molecule has 3 heterocycles. The number of phenolic OH excluding ortho intramolecular Hbond substituents is 3. The molecule has 3 aromatic rings. The zero-order chi connectivity index (χ0) is 31.3. The second-order valence-corrected chi connectivity index (χ2v) is 10.2. The van der Waals surface area contributed by atoms with E-state index in [1.165, 1.54) is 31.2 Å². The number of aromatic hydroxyl groups is 3. The van der Waals surface area contributed by atoms with E-state index in [0.717, 1.165) is 6.07 Å². The lowest BCUT2D eigenvalue weighted by molar-refractivity contribution is -0.277. The van der Waals surface area contributed by atoms with Crippen molar-refractivity contribution in [2.75, 3.05) is 6.61 Å². The molecule has 234 valence electrons. The van der Waals surface area contributed by atoms with Gasteiger partial charge in [0, 0.05) is 11.6 Å². The average Bonchev–Trinajstić information content (AvgIpc) is 2.98. The van der Waals surface area contributed by atoms with Gasteiger partial charge in [0.2, 0.25) is 29.5 Å². The number of benzene rings is 2. The first kappa shape index (κ1) is 30.7. The van der Waals surface area contributed by atoms with Crippen molar-refractivity contribution in [3.05, 3.63) is 40.6 Å². The summed E-state index contributed by atoms with van der Waals surface area (Å²) >= 11 is 0. The lowest BCUT2D eigenvalue weighted by atomic mass is 9.99. The quantitative estimate of drug-likeness (QED) is 0.135. The Labute approximate surface area is 241 Å². The molecule has 10 atom stereocenters. The van der Waals surface area contributed by atoms with Crippen molar-refractivity contribution in [2.24, 2.45) is 0 Å². The third-order valence-electron chi connectivity index (χ3n) is 7.31. The summed E-state index contributed by atoms with van der Waals surface area (Å²) in [5.74, 6) is -3.48. The van der Waals surface area contributed by atoms with E-state index in [1.54, 1.807) is 0 Å². The highest BCUT2D eigenvalue weighted by atomic mass is 16.7. The summed E-state index contributed by atoms with van der Waals surface area (Å²) in [7, 11) is 0. The van der Waals surface area contributed by atoms with Gasteiger partial charge in [0.15, 0.2) is 17.1 Å². The summed E-state index contributed by atoms with van der Waals surface area (Å²) in [5.41, 5.74) is -1.66. The van der Waals surface area contributed by atoms with Gasteiger partial charge in [-0.25, -0.2) is 0 Å². The van der Waals surface area contributed by atoms with Crippen molar-refractivity contribution >= 4 is 11.0 Å². The van der Waals surface area contributed by atoms with E-state index in [2.05, 4.69) is 0 Å². The predicted octanol–water partition coefficient (Wildman–Crippen LogP) is -2.04. The predicted molar refractivity (Wildman–Crippen MR) is 140 cm³/mol. The van der Waals surface area contributed by atoms with Gasteiger partial charge < -0.3 is 74.4 Å². The fraction of sp³-hybridized carbons (Fsp3) is 0.444. The molecule has 0 bridgehead atoms. The Balaban J connectivity index is 1.63. The first-order valence-corrected chi connectivity index (χ1v) is 13.0. The number of ether oxygens (including phenoxy) is 4. The van der Waals surface area contributed by atoms with Gasteiger partial charge in [0.05, 0.1) is 12.7 Å². The molecule has 0 aliphatic carbocycles. The lowest BCUT2D eigenvalue weighted by Gasteiger charge is -2.39. The number of rotatable bonds is 6. The molecule has 16 heteroatoms. The van der Waals surface area contributed by atoms with E-state index in [1.807, 2.05) is 0 Å². The van der Waals surface area contributed by atoms with Crippen LogP contribution in [0.2, 0.25) is 0 Å². The van der Waals surface area contributed by atoms with Crippen molar-refractivity contribution in [2.45, 2.75) is 68.3 Å². The molecule has 0 spiro atoms. The van der Waals surface area contributed by atoms with Gasteiger partial charge in [0.1, 0.15) is 59.6 Å². The highest BCUT2D eigenvalue weighted by Gasteiger charge is 2.46. The zero-order valence-electron chi connectivity index (χ0n) is 22.3. The summed E-state index contributed by atoms with van der Waals surface area (Å²) in [4.78, 5) is 13.7. The lowest BCUT2D eigenvalue weighted by Crippen LogP contribution is -2.60. The Morgan fingerprint density at radius 1 is 0.791 bits per heavy atom. The molecule has 2 aliphatic heterocycles. The van der Waals surface area contributed by atoms with E-state index < -0.39 is 113 Å². The summed E-state index contributed by atoms with van der Waals surface area (Å²) in [6, 6.07) is 5.87. The fourth-order valence-corrected chi connectivity index (χ4v) is 4.81. The maximum atomic E-state index is 13.7. The van der Waals surface area contributed by atoms with Gasteiger partial charge in [-0.1, -0.05) is 0 Å². The molecule has 1 aromatic heterocycles. The monoisotopic (exact) mass is 610 g/mol.